The maximum absolute atomic E-state index is 10.7. The van der Waals surface area contributed by atoms with Crippen LogP contribution in [0.3, 0.4) is 0 Å². The van der Waals surface area contributed by atoms with Crippen molar-refractivity contribution in [3.8, 4) is 0 Å². The zero-order valence-corrected chi connectivity index (χ0v) is 11.0. The van der Waals surface area contributed by atoms with E-state index in [9.17, 15) is 10.1 Å². The number of benzene rings is 2. The maximum Gasteiger partial charge on any atom is 0.269 e. The van der Waals surface area contributed by atoms with Crippen LogP contribution in [0.5, 0.6) is 0 Å². The molecule has 0 aliphatic heterocycles. The molecule has 0 aromatic heterocycles. The van der Waals surface area contributed by atoms with Crippen LogP contribution >= 0.6 is 0 Å². The van der Waals surface area contributed by atoms with Crippen molar-refractivity contribution in [3.05, 3.63) is 69.3 Å². The van der Waals surface area contributed by atoms with E-state index < -0.39 is 0 Å². The molecule has 2 aromatic carbocycles. The maximum atomic E-state index is 10.7. The molecule has 2 rings (SSSR count). The lowest BCUT2D eigenvalue weighted by Crippen LogP contribution is -2.00. The van der Waals surface area contributed by atoms with Crippen molar-refractivity contribution in [1.29, 1.82) is 0 Å². The van der Waals surface area contributed by atoms with Crippen LogP contribution < -0.4 is 5.32 Å². The summed E-state index contributed by atoms with van der Waals surface area (Å²) in [6.45, 7) is 4.67. The average molecular weight is 256 g/mol. The Balaban J connectivity index is 2.10. The minimum Gasteiger partial charge on any atom is -0.381 e. The highest BCUT2D eigenvalue weighted by atomic mass is 16.6. The molecule has 1 N–H and O–H groups in total. The van der Waals surface area contributed by atoms with Gasteiger partial charge in [0, 0.05) is 24.4 Å². The second-order valence-electron chi connectivity index (χ2n) is 4.66. The molecule has 0 heterocycles. The molecule has 0 aliphatic carbocycles. The summed E-state index contributed by atoms with van der Waals surface area (Å²) in [5.41, 5.74) is 4.44. The topological polar surface area (TPSA) is 55.2 Å². The number of aryl methyl sites for hydroxylation is 2. The summed E-state index contributed by atoms with van der Waals surface area (Å²) in [4.78, 5) is 10.3. The summed E-state index contributed by atoms with van der Waals surface area (Å²) in [6.07, 6.45) is 0. The molecule has 0 bridgehead atoms. The third-order valence-electron chi connectivity index (χ3n) is 2.84. The molecule has 0 saturated carbocycles. The zero-order valence-electron chi connectivity index (χ0n) is 11.0. The van der Waals surface area contributed by atoms with E-state index in [2.05, 4.69) is 23.5 Å². The van der Waals surface area contributed by atoms with Crippen LogP contribution in [0.4, 0.5) is 11.4 Å². The number of nitro groups is 1. The number of hydrogen-bond donors (Lipinski definition) is 1. The molecule has 0 unspecified atom stereocenters. The first kappa shape index (κ1) is 13.1. The van der Waals surface area contributed by atoms with Gasteiger partial charge in [0.25, 0.3) is 5.69 Å². The van der Waals surface area contributed by atoms with Crippen LogP contribution in [0.2, 0.25) is 0 Å². The minimum absolute atomic E-state index is 0.125. The summed E-state index contributed by atoms with van der Waals surface area (Å²) in [7, 11) is 0. The van der Waals surface area contributed by atoms with Gasteiger partial charge in [0.1, 0.15) is 0 Å². The van der Waals surface area contributed by atoms with E-state index in [0.29, 0.717) is 6.54 Å². The van der Waals surface area contributed by atoms with Crippen LogP contribution in [0.1, 0.15) is 16.7 Å². The molecule has 98 valence electrons. The minimum atomic E-state index is -0.375. The summed E-state index contributed by atoms with van der Waals surface area (Å²) >= 11 is 0. The van der Waals surface area contributed by atoms with Crippen molar-refractivity contribution in [2.45, 2.75) is 20.4 Å². The van der Waals surface area contributed by atoms with Gasteiger partial charge in [0.05, 0.1) is 4.92 Å². The Labute approximate surface area is 112 Å². The van der Waals surface area contributed by atoms with Gasteiger partial charge in [-0.15, -0.1) is 0 Å². The Morgan fingerprint density at radius 3 is 2.42 bits per heavy atom. The quantitative estimate of drug-likeness (QED) is 0.668. The molecule has 0 fully saturated rings. The molecule has 0 atom stereocenters. The fraction of sp³-hybridized carbons (Fsp3) is 0.200. The second kappa shape index (κ2) is 5.52. The van der Waals surface area contributed by atoms with Gasteiger partial charge in [0.15, 0.2) is 0 Å². The number of hydrogen-bond acceptors (Lipinski definition) is 3. The van der Waals surface area contributed by atoms with Crippen LogP contribution in [0.25, 0.3) is 0 Å². The number of rotatable bonds is 4. The van der Waals surface area contributed by atoms with Gasteiger partial charge in [0.2, 0.25) is 0 Å². The monoisotopic (exact) mass is 256 g/mol. The van der Waals surface area contributed by atoms with Crippen LogP contribution in [-0.4, -0.2) is 4.92 Å². The van der Waals surface area contributed by atoms with E-state index in [1.165, 1.54) is 17.2 Å². The lowest BCUT2D eigenvalue weighted by Gasteiger charge is -2.08. The summed E-state index contributed by atoms with van der Waals surface area (Å²) in [6, 6.07) is 12.9. The highest BCUT2D eigenvalue weighted by Gasteiger charge is 2.05. The highest BCUT2D eigenvalue weighted by molar-refractivity contribution is 5.49. The Morgan fingerprint density at radius 2 is 1.79 bits per heavy atom. The molecule has 4 heteroatoms. The van der Waals surface area contributed by atoms with Crippen molar-refractivity contribution in [3.63, 3.8) is 0 Å². The van der Waals surface area contributed by atoms with Crippen molar-refractivity contribution in [2.24, 2.45) is 0 Å². The largest absolute Gasteiger partial charge is 0.381 e. The SMILES string of the molecule is Cc1cc(C)cc(NCc2cccc([N+](=O)[O-])c2)c1. The summed E-state index contributed by atoms with van der Waals surface area (Å²) in [5, 5.41) is 14.0. The third kappa shape index (κ3) is 3.55. The number of anilines is 1. The Hall–Kier alpha value is -2.36. The molecule has 0 radical (unpaired) electrons. The molecule has 4 nitrogen and oxygen atoms in total. The van der Waals surface area contributed by atoms with E-state index in [1.54, 1.807) is 12.1 Å². The number of nitro benzene ring substituents is 1. The molecule has 0 spiro atoms. The van der Waals surface area contributed by atoms with Gasteiger partial charge in [-0.3, -0.25) is 10.1 Å². The Bertz CT molecular complexity index is 589. The number of nitrogens with zero attached hydrogens (tertiary/aromatic N) is 1. The molecule has 0 saturated heterocycles. The highest BCUT2D eigenvalue weighted by Crippen LogP contribution is 2.17. The van der Waals surface area contributed by atoms with Crippen LogP contribution in [0, 0.1) is 24.0 Å². The van der Waals surface area contributed by atoms with Gasteiger partial charge >= 0.3 is 0 Å². The smallest absolute Gasteiger partial charge is 0.269 e. The van der Waals surface area contributed by atoms with E-state index >= 15 is 0 Å². The predicted molar refractivity (Wildman–Crippen MR) is 76.3 cm³/mol. The van der Waals surface area contributed by atoms with Crippen molar-refractivity contribution in [2.75, 3.05) is 5.32 Å². The third-order valence-corrected chi connectivity index (χ3v) is 2.84. The first-order valence-electron chi connectivity index (χ1n) is 6.10. The van der Waals surface area contributed by atoms with E-state index in [-0.39, 0.29) is 10.6 Å². The molecular formula is C15H16N2O2. The van der Waals surface area contributed by atoms with Gasteiger partial charge in [-0.1, -0.05) is 18.2 Å². The molecule has 0 aliphatic rings. The fourth-order valence-corrected chi connectivity index (χ4v) is 2.06. The Kier molecular flexibility index (Phi) is 3.80. The van der Waals surface area contributed by atoms with Crippen molar-refractivity contribution in [1.82, 2.24) is 0 Å². The van der Waals surface area contributed by atoms with Gasteiger partial charge in [-0.05, 0) is 42.7 Å². The van der Waals surface area contributed by atoms with Crippen LogP contribution in [0.15, 0.2) is 42.5 Å². The van der Waals surface area contributed by atoms with Crippen LogP contribution in [-0.2, 0) is 6.54 Å². The fourth-order valence-electron chi connectivity index (χ4n) is 2.06. The Morgan fingerprint density at radius 1 is 1.11 bits per heavy atom. The van der Waals surface area contributed by atoms with E-state index in [1.807, 2.05) is 19.9 Å². The zero-order chi connectivity index (χ0) is 13.8. The van der Waals surface area contributed by atoms with Gasteiger partial charge in [-0.25, -0.2) is 0 Å². The van der Waals surface area contributed by atoms with Gasteiger partial charge in [-0.2, -0.15) is 0 Å². The predicted octanol–water partition coefficient (Wildman–Crippen LogP) is 3.82. The number of nitrogens with one attached hydrogen (secondary N) is 1. The summed E-state index contributed by atoms with van der Waals surface area (Å²) in [5.74, 6) is 0. The molecule has 2 aromatic rings. The first-order valence-corrected chi connectivity index (χ1v) is 6.10. The average Bonchev–Trinajstić information content (AvgIpc) is 2.35. The lowest BCUT2D eigenvalue weighted by molar-refractivity contribution is -0.384. The lowest BCUT2D eigenvalue weighted by atomic mass is 10.1. The first-order chi connectivity index (χ1) is 9.04. The van der Waals surface area contributed by atoms with E-state index in [0.717, 1.165) is 11.3 Å². The normalized spacial score (nSPS) is 10.2. The summed E-state index contributed by atoms with van der Waals surface area (Å²) < 4.78 is 0. The molecule has 19 heavy (non-hydrogen) atoms. The van der Waals surface area contributed by atoms with Crippen molar-refractivity contribution >= 4 is 11.4 Å². The molecule has 0 amide bonds. The van der Waals surface area contributed by atoms with Gasteiger partial charge < -0.3 is 5.32 Å². The number of non-ortho nitro benzene ring substituents is 1. The molecular weight excluding hydrogens is 240 g/mol. The van der Waals surface area contributed by atoms with Crippen molar-refractivity contribution < 1.29 is 4.92 Å². The standard InChI is InChI=1S/C15H16N2O2/c1-11-6-12(2)8-14(7-11)16-10-13-4-3-5-15(9-13)17(18)19/h3-9,16H,10H2,1-2H3. The second-order valence-corrected chi connectivity index (χ2v) is 4.66. The van der Waals surface area contributed by atoms with E-state index in [4.69, 9.17) is 0 Å².